The monoisotopic (exact) mass is 420 g/mol. The van der Waals surface area contributed by atoms with Crippen LogP contribution in [0, 0.1) is 25.2 Å². The number of nitrogens with one attached hydrogen (secondary N) is 1. The van der Waals surface area contributed by atoms with Gasteiger partial charge in [-0.25, -0.2) is 0 Å². The molecule has 1 fully saturated rings. The summed E-state index contributed by atoms with van der Waals surface area (Å²) in [6, 6.07) is 14.6. The summed E-state index contributed by atoms with van der Waals surface area (Å²) in [7, 11) is 0. The normalized spacial score (nSPS) is 15.1. The van der Waals surface area contributed by atoms with E-state index in [1.807, 2.05) is 32.0 Å². The highest BCUT2D eigenvalue weighted by molar-refractivity contribution is 5.93. The molecule has 1 aliphatic heterocycles. The van der Waals surface area contributed by atoms with Crippen molar-refractivity contribution in [1.82, 2.24) is 9.80 Å². The molecule has 0 spiro atoms. The third-order valence-corrected chi connectivity index (χ3v) is 5.57. The van der Waals surface area contributed by atoms with Crippen LogP contribution in [0.4, 0.5) is 5.69 Å². The van der Waals surface area contributed by atoms with Crippen LogP contribution in [0.25, 0.3) is 0 Å². The predicted molar refractivity (Wildman–Crippen MR) is 119 cm³/mol. The molecule has 0 radical (unpaired) electrons. The zero-order chi connectivity index (χ0) is 22.4. The standard InChI is InChI=1S/C24H28N4O3/c1-17-5-4-6-22(18(17)2)26-23(29)16-27-11-13-28(14-12-27)24(30)19(3)31-21-9-7-20(15-25)8-10-21/h4-10,19H,11-14,16H2,1-3H3,(H,26,29)/t19-/m1/s1. The first-order valence-electron chi connectivity index (χ1n) is 10.4. The van der Waals surface area contributed by atoms with Crippen molar-refractivity contribution in [3.8, 4) is 11.8 Å². The van der Waals surface area contributed by atoms with Gasteiger partial charge in [-0.2, -0.15) is 5.26 Å². The number of ether oxygens (including phenoxy) is 1. The van der Waals surface area contributed by atoms with Crippen LogP contribution in [0.2, 0.25) is 0 Å². The van der Waals surface area contributed by atoms with Crippen LogP contribution >= 0.6 is 0 Å². The molecule has 7 heteroatoms. The van der Waals surface area contributed by atoms with Gasteiger partial charge in [0.15, 0.2) is 6.10 Å². The van der Waals surface area contributed by atoms with Crippen LogP contribution in [0.15, 0.2) is 42.5 Å². The minimum absolute atomic E-state index is 0.0500. The Morgan fingerprint density at radius 2 is 1.77 bits per heavy atom. The molecule has 162 valence electrons. The van der Waals surface area contributed by atoms with E-state index in [2.05, 4.69) is 16.3 Å². The summed E-state index contributed by atoms with van der Waals surface area (Å²) in [5, 5.41) is 11.8. The summed E-state index contributed by atoms with van der Waals surface area (Å²) >= 11 is 0. The van der Waals surface area contributed by atoms with Crippen molar-refractivity contribution in [2.45, 2.75) is 26.9 Å². The van der Waals surface area contributed by atoms with Gasteiger partial charge in [0, 0.05) is 31.9 Å². The SMILES string of the molecule is Cc1cccc(NC(=O)CN2CCN(C(=O)[C@@H](C)Oc3ccc(C#N)cc3)CC2)c1C. The molecular weight excluding hydrogens is 392 g/mol. The molecule has 7 nitrogen and oxygen atoms in total. The number of amides is 2. The zero-order valence-corrected chi connectivity index (χ0v) is 18.2. The number of nitriles is 1. The summed E-state index contributed by atoms with van der Waals surface area (Å²) < 4.78 is 5.73. The number of piperazine rings is 1. The molecule has 3 rings (SSSR count). The Morgan fingerprint density at radius 3 is 2.42 bits per heavy atom. The van der Waals surface area contributed by atoms with E-state index in [0.717, 1.165) is 16.8 Å². The Hall–Kier alpha value is -3.37. The lowest BCUT2D eigenvalue weighted by atomic mass is 10.1. The van der Waals surface area contributed by atoms with Gasteiger partial charge in [0.2, 0.25) is 5.91 Å². The second-order valence-electron chi connectivity index (χ2n) is 7.79. The van der Waals surface area contributed by atoms with Crippen molar-refractivity contribution >= 4 is 17.5 Å². The van der Waals surface area contributed by atoms with E-state index < -0.39 is 6.10 Å². The molecule has 0 aromatic heterocycles. The number of benzene rings is 2. The maximum atomic E-state index is 12.7. The fraction of sp³-hybridized carbons (Fsp3) is 0.375. The van der Waals surface area contributed by atoms with Crippen molar-refractivity contribution < 1.29 is 14.3 Å². The molecule has 2 aromatic carbocycles. The smallest absolute Gasteiger partial charge is 0.263 e. The maximum Gasteiger partial charge on any atom is 0.263 e. The average molecular weight is 421 g/mol. The molecule has 1 heterocycles. The van der Waals surface area contributed by atoms with Gasteiger partial charge in [0.1, 0.15) is 5.75 Å². The number of carbonyl (C=O) groups is 2. The molecule has 1 atom stereocenters. The Kier molecular flexibility index (Phi) is 7.27. The number of aryl methyl sites for hydroxylation is 1. The summed E-state index contributed by atoms with van der Waals surface area (Å²) in [4.78, 5) is 29.0. The van der Waals surface area contributed by atoms with Gasteiger partial charge >= 0.3 is 0 Å². The van der Waals surface area contributed by atoms with Crippen molar-refractivity contribution in [3.63, 3.8) is 0 Å². The van der Waals surface area contributed by atoms with Gasteiger partial charge in [-0.3, -0.25) is 14.5 Å². The minimum atomic E-state index is -0.618. The number of hydrogen-bond acceptors (Lipinski definition) is 5. The molecule has 0 unspecified atom stereocenters. The minimum Gasteiger partial charge on any atom is -0.481 e. The largest absolute Gasteiger partial charge is 0.481 e. The Labute approximate surface area is 183 Å². The maximum absolute atomic E-state index is 12.7. The van der Waals surface area contributed by atoms with Crippen LogP contribution < -0.4 is 10.1 Å². The number of carbonyl (C=O) groups excluding carboxylic acids is 2. The first-order chi connectivity index (χ1) is 14.9. The molecule has 0 aliphatic carbocycles. The Bertz CT molecular complexity index is 973. The fourth-order valence-corrected chi connectivity index (χ4v) is 3.53. The molecule has 1 aliphatic rings. The van der Waals surface area contributed by atoms with Gasteiger partial charge in [0.05, 0.1) is 18.2 Å². The number of nitrogens with zero attached hydrogens (tertiary/aromatic N) is 3. The third-order valence-electron chi connectivity index (χ3n) is 5.57. The van der Waals surface area contributed by atoms with Crippen LogP contribution in [-0.4, -0.2) is 60.4 Å². The molecule has 2 amide bonds. The highest BCUT2D eigenvalue weighted by atomic mass is 16.5. The lowest BCUT2D eigenvalue weighted by Gasteiger charge is -2.35. The van der Waals surface area contributed by atoms with E-state index in [-0.39, 0.29) is 11.8 Å². The van der Waals surface area contributed by atoms with Crippen LogP contribution in [0.3, 0.4) is 0 Å². The number of rotatable bonds is 6. The highest BCUT2D eigenvalue weighted by Crippen LogP contribution is 2.18. The zero-order valence-electron chi connectivity index (χ0n) is 18.2. The first kappa shape index (κ1) is 22.3. The third kappa shape index (κ3) is 5.83. The summed E-state index contributed by atoms with van der Waals surface area (Å²) in [6.07, 6.45) is -0.618. The molecular formula is C24H28N4O3. The van der Waals surface area contributed by atoms with Crippen LogP contribution in [0.5, 0.6) is 5.75 Å². The number of hydrogen-bond donors (Lipinski definition) is 1. The van der Waals surface area contributed by atoms with E-state index in [1.165, 1.54) is 0 Å². The lowest BCUT2D eigenvalue weighted by molar-refractivity contribution is -0.139. The second-order valence-corrected chi connectivity index (χ2v) is 7.79. The van der Waals surface area contributed by atoms with Crippen LogP contribution in [-0.2, 0) is 9.59 Å². The Balaban J connectivity index is 1.46. The topological polar surface area (TPSA) is 85.7 Å². The van der Waals surface area contributed by atoms with E-state index in [4.69, 9.17) is 10.00 Å². The lowest BCUT2D eigenvalue weighted by Crippen LogP contribution is -2.53. The van der Waals surface area contributed by atoms with E-state index in [0.29, 0.717) is 44.0 Å². The van der Waals surface area contributed by atoms with Crippen molar-refractivity contribution in [2.75, 3.05) is 38.0 Å². The highest BCUT2D eigenvalue weighted by Gasteiger charge is 2.26. The van der Waals surface area contributed by atoms with Gasteiger partial charge in [0.25, 0.3) is 5.91 Å². The predicted octanol–water partition coefficient (Wildman–Crippen LogP) is 2.73. The summed E-state index contributed by atoms with van der Waals surface area (Å²) in [6.45, 7) is 8.42. The second kappa shape index (κ2) is 10.1. The van der Waals surface area contributed by atoms with Crippen molar-refractivity contribution in [3.05, 3.63) is 59.2 Å². The molecule has 0 bridgehead atoms. The molecule has 31 heavy (non-hydrogen) atoms. The number of anilines is 1. The van der Waals surface area contributed by atoms with Gasteiger partial charge in [-0.1, -0.05) is 12.1 Å². The molecule has 1 N–H and O–H groups in total. The van der Waals surface area contributed by atoms with E-state index in [1.54, 1.807) is 36.1 Å². The van der Waals surface area contributed by atoms with Crippen molar-refractivity contribution in [1.29, 1.82) is 5.26 Å². The van der Waals surface area contributed by atoms with Gasteiger partial charge in [-0.15, -0.1) is 0 Å². The molecule has 0 saturated carbocycles. The van der Waals surface area contributed by atoms with Gasteiger partial charge in [-0.05, 0) is 62.2 Å². The molecule has 1 saturated heterocycles. The van der Waals surface area contributed by atoms with E-state index >= 15 is 0 Å². The van der Waals surface area contributed by atoms with Crippen molar-refractivity contribution in [2.24, 2.45) is 0 Å². The summed E-state index contributed by atoms with van der Waals surface area (Å²) in [5.41, 5.74) is 3.60. The van der Waals surface area contributed by atoms with Gasteiger partial charge < -0.3 is 15.0 Å². The quantitative estimate of drug-likeness (QED) is 0.777. The summed E-state index contributed by atoms with van der Waals surface area (Å²) in [5.74, 6) is 0.427. The molecule has 2 aromatic rings. The first-order valence-corrected chi connectivity index (χ1v) is 10.4. The fourth-order valence-electron chi connectivity index (χ4n) is 3.53. The average Bonchev–Trinajstić information content (AvgIpc) is 2.77. The van der Waals surface area contributed by atoms with E-state index in [9.17, 15) is 9.59 Å². The Morgan fingerprint density at radius 1 is 1.10 bits per heavy atom. The van der Waals surface area contributed by atoms with Crippen LogP contribution in [0.1, 0.15) is 23.6 Å².